The minimum Gasteiger partial charge on any atom is -0.450 e. The zero-order valence-corrected chi connectivity index (χ0v) is 16.4. The summed E-state index contributed by atoms with van der Waals surface area (Å²) in [6.45, 7) is 13.2. The van der Waals surface area contributed by atoms with Crippen molar-refractivity contribution < 1.29 is 23.7 Å². The molecule has 0 radical (unpaired) electrons. The third kappa shape index (κ3) is 13.6. The molecule has 24 heavy (non-hydrogen) atoms. The predicted octanol–water partition coefficient (Wildman–Crippen LogP) is 3.53. The Hall–Kier alpha value is -0.850. The molecule has 1 amide bonds. The molecule has 0 bridgehead atoms. The normalized spacial score (nSPS) is 12.2. The molecule has 0 aliphatic heterocycles. The second-order valence-corrected chi connectivity index (χ2v) is 7.13. The first kappa shape index (κ1) is 23.1. The van der Waals surface area contributed by atoms with Crippen molar-refractivity contribution in [3.63, 3.8) is 0 Å². The van der Waals surface area contributed by atoms with E-state index in [-0.39, 0.29) is 17.3 Å². The van der Waals surface area contributed by atoms with Crippen molar-refractivity contribution >= 4 is 6.09 Å². The van der Waals surface area contributed by atoms with Crippen LogP contribution in [0.1, 0.15) is 60.3 Å². The van der Waals surface area contributed by atoms with Crippen molar-refractivity contribution in [2.24, 2.45) is 0 Å². The zero-order chi connectivity index (χ0) is 18.5. The van der Waals surface area contributed by atoms with Gasteiger partial charge in [0.25, 0.3) is 0 Å². The standard InChI is InChI=1S/C18H37NO5/c1-7-12-22-16(20)19-11-8-13-23-18(4,5)10-15-24-17(2,3)9-14-21-6/h7-15H2,1-6H3,(H,19,20). The van der Waals surface area contributed by atoms with E-state index >= 15 is 0 Å². The summed E-state index contributed by atoms with van der Waals surface area (Å²) in [5, 5.41) is 2.71. The van der Waals surface area contributed by atoms with Crippen molar-refractivity contribution in [1.82, 2.24) is 5.32 Å². The van der Waals surface area contributed by atoms with Crippen LogP contribution in [0, 0.1) is 0 Å². The van der Waals surface area contributed by atoms with Crippen molar-refractivity contribution in [3.8, 4) is 0 Å². The van der Waals surface area contributed by atoms with Crippen molar-refractivity contribution in [1.29, 1.82) is 0 Å². The van der Waals surface area contributed by atoms with E-state index in [1.807, 2.05) is 6.92 Å². The summed E-state index contributed by atoms with van der Waals surface area (Å²) in [5.41, 5.74) is -0.436. The number of alkyl carbamates (subject to hydrolysis) is 1. The quantitative estimate of drug-likeness (QED) is 0.487. The van der Waals surface area contributed by atoms with Gasteiger partial charge in [0.1, 0.15) is 0 Å². The van der Waals surface area contributed by atoms with Crippen LogP contribution in [-0.2, 0) is 18.9 Å². The molecule has 0 aliphatic rings. The van der Waals surface area contributed by atoms with Gasteiger partial charge < -0.3 is 24.3 Å². The maximum absolute atomic E-state index is 11.3. The van der Waals surface area contributed by atoms with Gasteiger partial charge in [0.2, 0.25) is 0 Å². The molecule has 0 aromatic heterocycles. The lowest BCUT2D eigenvalue weighted by molar-refractivity contribution is -0.0791. The molecule has 0 atom stereocenters. The molecule has 0 fully saturated rings. The van der Waals surface area contributed by atoms with Gasteiger partial charge in [-0.2, -0.15) is 0 Å². The zero-order valence-electron chi connectivity index (χ0n) is 16.4. The highest BCUT2D eigenvalue weighted by Crippen LogP contribution is 2.19. The van der Waals surface area contributed by atoms with Gasteiger partial charge in [0.05, 0.1) is 24.4 Å². The van der Waals surface area contributed by atoms with Crippen LogP contribution >= 0.6 is 0 Å². The van der Waals surface area contributed by atoms with E-state index in [2.05, 4.69) is 33.0 Å². The SMILES string of the molecule is CCCOC(=O)NCCCOC(C)(C)CCOC(C)(C)CCOC. The number of carbonyl (C=O) groups is 1. The molecule has 6 heteroatoms. The molecule has 0 unspecified atom stereocenters. The van der Waals surface area contributed by atoms with E-state index in [1.165, 1.54) is 0 Å². The summed E-state index contributed by atoms with van der Waals surface area (Å²) in [6.07, 6.45) is 2.91. The molecule has 0 spiro atoms. The first-order chi connectivity index (χ1) is 11.2. The largest absolute Gasteiger partial charge is 0.450 e. The lowest BCUT2D eigenvalue weighted by Gasteiger charge is -2.29. The molecule has 6 nitrogen and oxygen atoms in total. The molecule has 0 saturated heterocycles. The fourth-order valence-corrected chi connectivity index (χ4v) is 1.92. The van der Waals surface area contributed by atoms with Crippen LogP contribution in [-0.4, -0.2) is 57.4 Å². The fourth-order valence-electron chi connectivity index (χ4n) is 1.92. The summed E-state index contributed by atoms with van der Waals surface area (Å²) >= 11 is 0. The predicted molar refractivity (Wildman–Crippen MR) is 95.4 cm³/mol. The molecule has 0 saturated carbocycles. The molecule has 0 rings (SSSR count). The van der Waals surface area contributed by atoms with Crippen LogP contribution < -0.4 is 5.32 Å². The monoisotopic (exact) mass is 347 g/mol. The topological polar surface area (TPSA) is 66.0 Å². The smallest absolute Gasteiger partial charge is 0.407 e. The highest BCUT2D eigenvalue weighted by molar-refractivity contribution is 5.66. The minimum atomic E-state index is -0.359. The Balaban J connectivity index is 3.76. The molecule has 0 heterocycles. The van der Waals surface area contributed by atoms with Crippen LogP contribution in [0.2, 0.25) is 0 Å². The maximum Gasteiger partial charge on any atom is 0.407 e. The number of ether oxygens (including phenoxy) is 4. The Morgan fingerprint density at radius 2 is 1.50 bits per heavy atom. The summed E-state index contributed by atoms with van der Waals surface area (Å²) in [7, 11) is 1.70. The van der Waals surface area contributed by atoms with Crippen LogP contribution in [0.4, 0.5) is 4.79 Å². The Kier molecular flexibility index (Phi) is 12.1. The lowest BCUT2D eigenvalue weighted by Crippen LogP contribution is -2.32. The van der Waals surface area contributed by atoms with E-state index in [9.17, 15) is 4.79 Å². The van der Waals surface area contributed by atoms with Gasteiger partial charge in [-0.3, -0.25) is 0 Å². The number of hydrogen-bond donors (Lipinski definition) is 1. The number of rotatable bonds is 14. The van der Waals surface area contributed by atoms with E-state index in [0.29, 0.717) is 33.0 Å². The first-order valence-corrected chi connectivity index (χ1v) is 8.90. The second-order valence-electron chi connectivity index (χ2n) is 7.13. The van der Waals surface area contributed by atoms with E-state index < -0.39 is 0 Å². The number of hydrogen-bond acceptors (Lipinski definition) is 5. The van der Waals surface area contributed by atoms with Crippen molar-refractivity contribution in [3.05, 3.63) is 0 Å². The fraction of sp³-hybridized carbons (Fsp3) is 0.944. The van der Waals surface area contributed by atoms with Crippen molar-refractivity contribution in [2.45, 2.75) is 71.5 Å². The number of methoxy groups -OCH3 is 1. The Morgan fingerprint density at radius 1 is 0.917 bits per heavy atom. The summed E-state index contributed by atoms with van der Waals surface area (Å²) in [5.74, 6) is 0. The van der Waals surface area contributed by atoms with Crippen molar-refractivity contribution in [2.75, 3.05) is 40.1 Å². The number of amides is 1. The average molecular weight is 347 g/mol. The third-order valence-electron chi connectivity index (χ3n) is 3.63. The minimum absolute atomic E-state index is 0.186. The van der Waals surface area contributed by atoms with E-state index in [0.717, 1.165) is 25.7 Å². The Morgan fingerprint density at radius 3 is 2.08 bits per heavy atom. The summed E-state index contributed by atoms with van der Waals surface area (Å²) < 4.78 is 21.9. The highest BCUT2D eigenvalue weighted by Gasteiger charge is 2.22. The Labute approximate surface area is 147 Å². The molecule has 0 aromatic carbocycles. The van der Waals surface area contributed by atoms with Gasteiger partial charge in [-0.25, -0.2) is 4.79 Å². The number of nitrogens with one attached hydrogen (secondary N) is 1. The highest BCUT2D eigenvalue weighted by atomic mass is 16.5. The van der Waals surface area contributed by atoms with Crippen LogP contribution in [0.25, 0.3) is 0 Å². The summed E-state index contributed by atoms with van der Waals surface area (Å²) in [4.78, 5) is 11.3. The third-order valence-corrected chi connectivity index (χ3v) is 3.63. The van der Waals surface area contributed by atoms with E-state index in [1.54, 1.807) is 7.11 Å². The summed E-state index contributed by atoms with van der Waals surface area (Å²) in [6, 6.07) is 0. The molecule has 144 valence electrons. The molecule has 0 aliphatic carbocycles. The first-order valence-electron chi connectivity index (χ1n) is 8.90. The van der Waals surface area contributed by atoms with Gasteiger partial charge >= 0.3 is 6.09 Å². The lowest BCUT2D eigenvalue weighted by atomic mass is 10.0. The van der Waals surface area contributed by atoms with Gasteiger partial charge in [-0.15, -0.1) is 0 Å². The van der Waals surface area contributed by atoms with Gasteiger partial charge in [0, 0.05) is 26.9 Å². The van der Waals surface area contributed by atoms with Gasteiger partial charge in [0.15, 0.2) is 0 Å². The van der Waals surface area contributed by atoms with Crippen LogP contribution in [0.15, 0.2) is 0 Å². The Bertz CT molecular complexity index is 331. The molecule has 0 aromatic rings. The molecule has 1 N–H and O–H groups in total. The molecular weight excluding hydrogens is 310 g/mol. The average Bonchev–Trinajstić information content (AvgIpc) is 2.50. The van der Waals surface area contributed by atoms with Gasteiger partial charge in [-0.1, -0.05) is 6.92 Å². The second kappa shape index (κ2) is 12.5. The van der Waals surface area contributed by atoms with E-state index in [4.69, 9.17) is 18.9 Å². The maximum atomic E-state index is 11.3. The van der Waals surface area contributed by atoms with Gasteiger partial charge in [-0.05, 0) is 53.4 Å². The van der Waals surface area contributed by atoms with Crippen LogP contribution in [0.5, 0.6) is 0 Å². The molecular formula is C18H37NO5. The number of carbonyl (C=O) groups excluding carboxylic acids is 1. The van der Waals surface area contributed by atoms with Crippen LogP contribution in [0.3, 0.4) is 0 Å².